The molecule has 2 aliphatic heterocycles. The number of halogens is 3. The molecule has 3 atom stereocenters. The smallest absolute Gasteiger partial charge is 0.416 e. The average molecular weight is 480 g/mol. The monoisotopic (exact) mass is 479 g/mol. The lowest BCUT2D eigenvalue weighted by Gasteiger charge is -2.43. The van der Waals surface area contributed by atoms with Gasteiger partial charge in [-0.05, 0) is 85.6 Å². The summed E-state index contributed by atoms with van der Waals surface area (Å²) in [6.45, 7) is 6.46. The molecule has 0 saturated carbocycles. The average Bonchev–Trinajstić information content (AvgIpc) is 2.76. The van der Waals surface area contributed by atoms with E-state index >= 15 is 0 Å². The van der Waals surface area contributed by atoms with Crippen LogP contribution in [0.2, 0.25) is 0 Å². The Bertz CT molecular complexity index is 882. The van der Waals surface area contributed by atoms with Crippen molar-refractivity contribution in [1.29, 1.82) is 0 Å². The summed E-state index contributed by atoms with van der Waals surface area (Å²) < 4.78 is 39.3. The summed E-state index contributed by atoms with van der Waals surface area (Å²) in [4.78, 5) is 13.7. The summed E-state index contributed by atoms with van der Waals surface area (Å²) in [5.41, 5.74) is 0.902. The summed E-state index contributed by atoms with van der Waals surface area (Å²) in [6.07, 6.45) is 0.255. The number of benzene rings is 1. The number of aliphatic carboxylic acids is 1. The Kier molecular flexibility index (Phi) is 8.95. The van der Waals surface area contributed by atoms with Crippen molar-refractivity contribution in [3.63, 3.8) is 0 Å². The van der Waals surface area contributed by atoms with Crippen molar-refractivity contribution in [1.82, 2.24) is 4.90 Å². The molecule has 180 valence electrons. The van der Waals surface area contributed by atoms with Gasteiger partial charge in [0.25, 0.3) is 0 Å². The van der Waals surface area contributed by atoms with Crippen LogP contribution in [-0.2, 0) is 11.0 Å². The molecule has 3 nitrogen and oxygen atoms in total. The maximum Gasteiger partial charge on any atom is 0.416 e. The summed E-state index contributed by atoms with van der Waals surface area (Å²) in [5.74, 6) is 8.56. The molecule has 1 aromatic carbocycles. The number of hydrogen-bond donors (Lipinski definition) is 1. The van der Waals surface area contributed by atoms with E-state index in [1.54, 1.807) is 12.1 Å². The highest BCUT2D eigenvalue weighted by molar-refractivity contribution is 7.99. The minimum atomic E-state index is -4.38. The first kappa shape index (κ1) is 25.7. The lowest BCUT2D eigenvalue weighted by Crippen LogP contribution is -2.44. The number of nitrogens with zero attached hydrogens (tertiary/aromatic N) is 1. The fourth-order valence-corrected chi connectivity index (χ4v) is 6.07. The predicted octanol–water partition coefficient (Wildman–Crippen LogP) is 6.41. The van der Waals surface area contributed by atoms with E-state index in [-0.39, 0.29) is 24.4 Å². The summed E-state index contributed by atoms with van der Waals surface area (Å²) in [6, 6.07) is 5.15. The zero-order valence-corrected chi connectivity index (χ0v) is 19.9. The van der Waals surface area contributed by atoms with Crippen molar-refractivity contribution in [3.05, 3.63) is 47.5 Å². The van der Waals surface area contributed by atoms with Crippen molar-refractivity contribution in [3.8, 4) is 11.8 Å². The number of carboxylic acids is 1. The second-order valence-corrected chi connectivity index (χ2v) is 10.4. The molecule has 0 amide bonds. The highest BCUT2D eigenvalue weighted by Crippen LogP contribution is 2.40. The van der Waals surface area contributed by atoms with Crippen LogP contribution in [0, 0.1) is 23.7 Å². The van der Waals surface area contributed by atoms with Crippen molar-refractivity contribution in [2.24, 2.45) is 11.8 Å². The van der Waals surface area contributed by atoms with Gasteiger partial charge >= 0.3 is 12.1 Å². The van der Waals surface area contributed by atoms with Crippen LogP contribution in [0.1, 0.15) is 62.6 Å². The highest BCUT2D eigenvalue weighted by atomic mass is 32.2. The Labute approximate surface area is 198 Å². The predicted molar refractivity (Wildman–Crippen MR) is 127 cm³/mol. The van der Waals surface area contributed by atoms with E-state index in [0.29, 0.717) is 18.9 Å². The molecule has 2 fully saturated rings. The van der Waals surface area contributed by atoms with Crippen LogP contribution in [0.25, 0.3) is 0 Å². The van der Waals surface area contributed by atoms with Gasteiger partial charge < -0.3 is 5.11 Å². The van der Waals surface area contributed by atoms with Crippen LogP contribution in [0.3, 0.4) is 0 Å². The van der Waals surface area contributed by atoms with Gasteiger partial charge in [0.05, 0.1) is 11.6 Å². The van der Waals surface area contributed by atoms with E-state index in [9.17, 15) is 23.1 Å². The molecule has 0 aromatic heterocycles. The third-order valence-corrected chi connectivity index (χ3v) is 7.64. The van der Waals surface area contributed by atoms with Crippen molar-refractivity contribution >= 4 is 17.7 Å². The Morgan fingerprint density at radius 1 is 1.21 bits per heavy atom. The minimum absolute atomic E-state index is 0.00753. The van der Waals surface area contributed by atoms with Gasteiger partial charge in [-0.2, -0.15) is 24.9 Å². The van der Waals surface area contributed by atoms with Crippen LogP contribution in [0.4, 0.5) is 13.2 Å². The fourth-order valence-electron chi connectivity index (χ4n) is 4.87. The van der Waals surface area contributed by atoms with E-state index in [2.05, 4.69) is 23.3 Å². The number of rotatable bonds is 6. The van der Waals surface area contributed by atoms with Crippen LogP contribution >= 0.6 is 11.8 Å². The summed E-state index contributed by atoms with van der Waals surface area (Å²) in [7, 11) is 0. The van der Waals surface area contributed by atoms with Crippen LogP contribution in [0.15, 0.2) is 36.4 Å². The van der Waals surface area contributed by atoms with Gasteiger partial charge in [0.2, 0.25) is 0 Å². The molecule has 7 heteroatoms. The minimum Gasteiger partial charge on any atom is -0.481 e. The second kappa shape index (κ2) is 11.5. The molecule has 2 saturated heterocycles. The molecule has 2 aliphatic rings. The first-order valence-electron chi connectivity index (χ1n) is 11.5. The topological polar surface area (TPSA) is 40.5 Å². The molecule has 0 bridgehead atoms. The molecule has 1 N–H and O–H groups in total. The number of carboxylic acid groups (broad SMARTS) is 1. The molecule has 0 spiro atoms. The van der Waals surface area contributed by atoms with Gasteiger partial charge in [-0.25, -0.2) is 0 Å². The Morgan fingerprint density at radius 3 is 2.45 bits per heavy atom. The van der Waals surface area contributed by atoms with Gasteiger partial charge in [-0.3, -0.25) is 9.69 Å². The molecule has 0 unspecified atom stereocenters. The Morgan fingerprint density at radius 2 is 1.88 bits per heavy atom. The SMILES string of the molecule is C=C(C)C#C[C@H](CC1CCSCC1)N1CC[C@H](CC(=O)O)C[C@H]1c1ccc(C(F)(F)F)cc1. The first-order valence-corrected chi connectivity index (χ1v) is 12.7. The molecule has 2 heterocycles. The number of likely N-dealkylation sites (tertiary alicyclic amines) is 1. The number of thioether (sulfide) groups is 1. The normalized spacial score (nSPS) is 23.4. The quantitative estimate of drug-likeness (QED) is 0.479. The number of piperidine rings is 1. The summed E-state index contributed by atoms with van der Waals surface area (Å²) >= 11 is 1.97. The van der Waals surface area contributed by atoms with Crippen LogP contribution in [-0.4, -0.2) is 40.1 Å². The number of alkyl halides is 3. The molecular formula is C26H32F3NO2S. The number of hydrogen-bond acceptors (Lipinski definition) is 3. The number of allylic oxidation sites excluding steroid dienone is 1. The van der Waals surface area contributed by atoms with Gasteiger partial charge in [-0.1, -0.05) is 30.6 Å². The molecular weight excluding hydrogens is 447 g/mol. The van der Waals surface area contributed by atoms with Gasteiger partial charge in [0.1, 0.15) is 0 Å². The molecule has 3 rings (SSSR count). The highest BCUT2D eigenvalue weighted by Gasteiger charge is 2.36. The standard InChI is InChI=1S/C26H32F3NO2S/c1-18(2)3-8-23(15-19-10-13-33-14-11-19)30-12-9-20(17-25(31)32)16-24(30)21-4-6-22(7-5-21)26(27,28)29/h4-7,19-20,23-24H,1,9-17H2,2H3,(H,31,32)/t20-,23+,24-/m0/s1. The van der Waals surface area contributed by atoms with Crippen LogP contribution < -0.4 is 0 Å². The van der Waals surface area contributed by atoms with Crippen molar-refractivity contribution in [2.45, 2.75) is 63.7 Å². The fraction of sp³-hybridized carbons (Fsp3) is 0.577. The summed E-state index contributed by atoms with van der Waals surface area (Å²) in [5, 5.41) is 9.31. The third-order valence-electron chi connectivity index (χ3n) is 6.59. The maximum absolute atomic E-state index is 13.1. The lowest BCUT2D eigenvalue weighted by atomic mass is 9.82. The van der Waals surface area contributed by atoms with Gasteiger partial charge in [0, 0.05) is 19.0 Å². The molecule has 0 aliphatic carbocycles. The Hall–Kier alpha value is -1.91. The van der Waals surface area contributed by atoms with Gasteiger partial charge in [-0.15, -0.1) is 0 Å². The van der Waals surface area contributed by atoms with Crippen molar-refractivity contribution in [2.75, 3.05) is 18.1 Å². The second-order valence-electron chi connectivity index (χ2n) is 9.22. The maximum atomic E-state index is 13.1. The van der Waals surface area contributed by atoms with Crippen molar-refractivity contribution < 1.29 is 23.1 Å². The van der Waals surface area contributed by atoms with Crippen LogP contribution in [0.5, 0.6) is 0 Å². The molecule has 1 aromatic rings. The van der Waals surface area contributed by atoms with Gasteiger partial charge in [0.15, 0.2) is 0 Å². The Balaban J connectivity index is 1.90. The van der Waals surface area contributed by atoms with E-state index in [0.717, 1.165) is 60.5 Å². The van der Waals surface area contributed by atoms with E-state index < -0.39 is 17.7 Å². The van der Waals surface area contributed by atoms with E-state index in [4.69, 9.17) is 0 Å². The first-order chi connectivity index (χ1) is 15.6. The third kappa shape index (κ3) is 7.55. The number of carbonyl (C=O) groups is 1. The molecule has 0 radical (unpaired) electrons. The molecule has 33 heavy (non-hydrogen) atoms. The van der Waals surface area contributed by atoms with E-state index in [1.165, 1.54) is 0 Å². The van der Waals surface area contributed by atoms with E-state index in [1.807, 2.05) is 18.7 Å². The zero-order chi connectivity index (χ0) is 24.0. The largest absolute Gasteiger partial charge is 0.481 e. The lowest BCUT2D eigenvalue weighted by molar-refractivity contribution is -0.139. The zero-order valence-electron chi connectivity index (χ0n) is 19.0.